The fourth-order valence-corrected chi connectivity index (χ4v) is 5.54. The van der Waals surface area contributed by atoms with Gasteiger partial charge in [-0.1, -0.05) is 26.0 Å². The van der Waals surface area contributed by atoms with Crippen LogP contribution in [0.3, 0.4) is 0 Å². The van der Waals surface area contributed by atoms with Gasteiger partial charge >= 0.3 is 0 Å². The van der Waals surface area contributed by atoms with E-state index < -0.39 is 4.92 Å². The molecule has 4 aromatic heterocycles. The summed E-state index contributed by atoms with van der Waals surface area (Å²) < 4.78 is 38.4. The van der Waals surface area contributed by atoms with Crippen LogP contribution in [0.4, 0.5) is 55.1 Å². The number of hydrogen-bond acceptors (Lipinski definition) is 15. The highest BCUT2D eigenvalue weighted by atomic mass is 19.1. The summed E-state index contributed by atoms with van der Waals surface area (Å²) >= 11 is 0. The summed E-state index contributed by atoms with van der Waals surface area (Å²) in [6.07, 6.45) is 4.93. The number of nitrogens with two attached hydrogens (primary N) is 1. The lowest BCUT2D eigenvalue weighted by Crippen LogP contribution is -2.07. The van der Waals surface area contributed by atoms with E-state index in [2.05, 4.69) is 58.1 Å². The minimum Gasteiger partial charge on any atom is -0.436 e. The summed E-state index contributed by atoms with van der Waals surface area (Å²) in [5, 5.41) is 23.4. The smallest absolute Gasteiger partial charge is 0.273 e. The second kappa shape index (κ2) is 17.4. The number of oxazole rings is 2. The lowest BCUT2D eigenvalue weighted by molar-refractivity contribution is -0.384. The van der Waals surface area contributed by atoms with Crippen LogP contribution in [0.1, 0.15) is 26.7 Å². The van der Waals surface area contributed by atoms with E-state index in [0.717, 1.165) is 19.4 Å². The number of halogens is 2. The molecule has 294 valence electrons. The first-order chi connectivity index (χ1) is 28.1. The van der Waals surface area contributed by atoms with Crippen LogP contribution in [0, 0.1) is 21.7 Å². The van der Waals surface area contributed by atoms with Crippen molar-refractivity contribution in [3.05, 3.63) is 119 Å². The molecule has 4 aromatic carbocycles. The Bertz CT molecular complexity index is 2720. The van der Waals surface area contributed by atoms with Gasteiger partial charge in [-0.2, -0.15) is 9.97 Å². The van der Waals surface area contributed by atoms with Crippen molar-refractivity contribution in [1.82, 2.24) is 29.9 Å². The van der Waals surface area contributed by atoms with Crippen LogP contribution in [0.25, 0.3) is 45.1 Å². The maximum Gasteiger partial charge on any atom is 0.273 e. The normalized spacial score (nSPS) is 10.9. The van der Waals surface area contributed by atoms with Crippen molar-refractivity contribution in [2.24, 2.45) is 0 Å². The summed E-state index contributed by atoms with van der Waals surface area (Å²) in [5.41, 5.74) is 10.6. The number of nitrogens with zero attached hydrogens (tertiary/aromatic N) is 7. The molecule has 0 aliphatic heterocycles. The van der Waals surface area contributed by atoms with Crippen molar-refractivity contribution in [1.29, 1.82) is 0 Å². The van der Waals surface area contributed by atoms with Gasteiger partial charge in [0.2, 0.25) is 23.7 Å². The molecule has 0 saturated carbocycles. The first-order valence-corrected chi connectivity index (χ1v) is 18.1. The van der Waals surface area contributed by atoms with Gasteiger partial charge in [-0.25, -0.2) is 28.7 Å². The molecular weight excluding hydrogens is 751 g/mol. The molecule has 0 bridgehead atoms. The second-order valence-corrected chi connectivity index (χ2v) is 12.7. The summed E-state index contributed by atoms with van der Waals surface area (Å²) in [6, 6.07) is 21.6. The maximum absolute atomic E-state index is 13.4. The summed E-state index contributed by atoms with van der Waals surface area (Å²) in [7, 11) is 0. The van der Waals surface area contributed by atoms with Crippen LogP contribution < -0.4 is 27.0 Å². The molecule has 4 heterocycles. The third-order valence-corrected chi connectivity index (χ3v) is 8.28. The van der Waals surface area contributed by atoms with Crippen LogP contribution in [0.5, 0.6) is 0 Å². The van der Waals surface area contributed by atoms with Gasteiger partial charge in [0.05, 0.1) is 22.1 Å². The molecule has 0 unspecified atom stereocenters. The molecule has 8 rings (SSSR count). The zero-order chi connectivity index (χ0) is 40.6. The monoisotopic (exact) mass is 786 g/mol. The number of non-ortho nitro benzene ring substituents is 1. The number of fused-ring (bicyclic) bond motifs is 2. The summed E-state index contributed by atoms with van der Waals surface area (Å²) in [4.78, 5) is 37.0. The van der Waals surface area contributed by atoms with E-state index in [9.17, 15) is 18.9 Å². The van der Waals surface area contributed by atoms with Gasteiger partial charge in [0.15, 0.2) is 11.2 Å². The van der Waals surface area contributed by atoms with Crippen molar-refractivity contribution < 1.29 is 22.5 Å². The van der Waals surface area contributed by atoms with Crippen LogP contribution in [-0.4, -0.2) is 47.9 Å². The number of rotatable bonds is 13. The average Bonchev–Trinajstić information content (AvgIpc) is 3.83. The number of benzene rings is 4. The minimum atomic E-state index is -0.494. The fraction of sp³-hybridized carbons (Fsp3) is 0.150. The van der Waals surface area contributed by atoms with Crippen molar-refractivity contribution >= 4 is 68.5 Å². The predicted molar refractivity (Wildman–Crippen MR) is 218 cm³/mol. The lowest BCUT2D eigenvalue weighted by Gasteiger charge is -2.11. The molecule has 0 atom stereocenters. The topological polar surface area (TPSA) is 221 Å². The van der Waals surface area contributed by atoms with Crippen molar-refractivity contribution in [2.75, 3.05) is 40.1 Å². The van der Waals surface area contributed by atoms with Gasteiger partial charge in [0.1, 0.15) is 34.3 Å². The van der Waals surface area contributed by atoms with Crippen molar-refractivity contribution in [2.45, 2.75) is 26.7 Å². The van der Waals surface area contributed by atoms with E-state index in [1.165, 1.54) is 48.7 Å². The second-order valence-electron chi connectivity index (χ2n) is 12.7. The number of aromatic nitrogens is 6. The molecule has 58 heavy (non-hydrogen) atoms. The zero-order valence-corrected chi connectivity index (χ0v) is 31.2. The quantitative estimate of drug-likeness (QED) is 0.0417. The van der Waals surface area contributed by atoms with Gasteiger partial charge < -0.3 is 35.8 Å². The van der Waals surface area contributed by atoms with Crippen LogP contribution >= 0.6 is 0 Å². The zero-order valence-electron chi connectivity index (χ0n) is 31.2. The molecule has 0 fully saturated rings. The Morgan fingerprint density at radius 1 is 0.672 bits per heavy atom. The van der Waals surface area contributed by atoms with Gasteiger partial charge in [-0.3, -0.25) is 10.1 Å². The summed E-state index contributed by atoms with van der Waals surface area (Å²) in [6.45, 7) is 5.44. The van der Waals surface area contributed by atoms with Gasteiger partial charge in [-0.15, -0.1) is 0 Å². The first kappa shape index (κ1) is 38.5. The molecule has 0 saturated heterocycles. The van der Waals surface area contributed by atoms with E-state index in [0.29, 0.717) is 80.4 Å². The standard InChI is InChI=1S/C20H17FN6O3.C20H19FN6O/c1-2-8-22-18-15(11-23-20(26-18)24-13-5-3-4-12(21)9-13)19-25-16-7-6-14(27(28)29)10-17(16)30-19;1-2-8-23-18-15(19-26-16-7-6-13(22)10-17(16)28-19)11-24-20(27-18)25-14-5-3-4-12(21)9-14/h3-7,9-11H,2,8H2,1H3,(H2,22,23,24,26);3-7,9-11H,2,8,22H2,1H3,(H2,23,24,25,27). The Labute approximate surface area is 329 Å². The van der Waals surface area contributed by atoms with E-state index in [1.54, 1.807) is 48.7 Å². The van der Waals surface area contributed by atoms with Gasteiger partial charge in [0, 0.05) is 54.7 Å². The lowest BCUT2D eigenvalue weighted by atomic mass is 10.3. The minimum absolute atomic E-state index is 0.0829. The van der Waals surface area contributed by atoms with Crippen LogP contribution in [0.15, 0.2) is 106 Å². The number of nitrogen functional groups attached to an aromatic ring is 1. The number of nitro benzene ring substituents is 1. The number of nitrogens with one attached hydrogen (secondary N) is 4. The highest BCUT2D eigenvalue weighted by molar-refractivity contribution is 5.82. The third-order valence-electron chi connectivity index (χ3n) is 8.28. The molecule has 8 aromatic rings. The predicted octanol–water partition coefficient (Wildman–Crippen LogP) is 9.47. The molecule has 18 heteroatoms. The third kappa shape index (κ3) is 9.19. The number of hydrogen-bond donors (Lipinski definition) is 5. The van der Waals surface area contributed by atoms with E-state index >= 15 is 0 Å². The molecule has 0 spiro atoms. The molecule has 0 aliphatic rings. The van der Waals surface area contributed by atoms with Gasteiger partial charge in [0.25, 0.3) is 5.69 Å². The van der Waals surface area contributed by atoms with Crippen molar-refractivity contribution in [3.63, 3.8) is 0 Å². The fourth-order valence-electron chi connectivity index (χ4n) is 5.54. The van der Waals surface area contributed by atoms with E-state index in [4.69, 9.17) is 14.6 Å². The molecule has 6 N–H and O–H groups in total. The molecule has 16 nitrogen and oxygen atoms in total. The average molecular weight is 787 g/mol. The Kier molecular flexibility index (Phi) is 11.5. The van der Waals surface area contributed by atoms with Crippen LogP contribution in [0.2, 0.25) is 0 Å². The van der Waals surface area contributed by atoms with Crippen molar-refractivity contribution in [3.8, 4) is 22.9 Å². The maximum atomic E-state index is 13.4. The van der Waals surface area contributed by atoms with Crippen LogP contribution in [-0.2, 0) is 0 Å². The highest BCUT2D eigenvalue weighted by Gasteiger charge is 2.19. The number of anilines is 7. The first-order valence-electron chi connectivity index (χ1n) is 18.1. The molecular formula is C40H36F2N12O4. The largest absolute Gasteiger partial charge is 0.436 e. The molecule has 0 radical (unpaired) electrons. The SMILES string of the molecule is CCCNc1nc(Nc2cccc(F)c2)ncc1-c1nc2ccc(N)cc2o1.CCCNc1nc(Nc2cccc(F)c2)ncc1-c1nc2ccc([N+](=O)[O-])cc2o1. The summed E-state index contributed by atoms with van der Waals surface area (Å²) in [5.74, 6) is 1.60. The molecule has 0 aliphatic carbocycles. The Balaban J connectivity index is 0.000000177. The number of nitro groups is 1. The molecule has 0 amide bonds. The Morgan fingerprint density at radius 3 is 1.66 bits per heavy atom. The van der Waals surface area contributed by atoms with E-state index in [1.807, 2.05) is 6.92 Å². The highest BCUT2D eigenvalue weighted by Crippen LogP contribution is 2.33. The Hall–Kier alpha value is -7.76. The van der Waals surface area contributed by atoms with E-state index in [-0.39, 0.29) is 29.2 Å². The van der Waals surface area contributed by atoms with Gasteiger partial charge in [-0.05, 0) is 67.4 Å². The Morgan fingerprint density at radius 2 is 1.17 bits per heavy atom.